The van der Waals surface area contributed by atoms with Crippen molar-refractivity contribution in [3.63, 3.8) is 0 Å². The minimum atomic E-state index is -3.10. The van der Waals surface area contributed by atoms with Gasteiger partial charge in [0, 0.05) is 19.1 Å². The first kappa shape index (κ1) is 21.7. The van der Waals surface area contributed by atoms with Gasteiger partial charge in [0.1, 0.15) is 11.6 Å². The minimum Gasteiger partial charge on any atom is -0.444 e. The van der Waals surface area contributed by atoms with Crippen LogP contribution in [-0.4, -0.2) is 86.6 Å². The molecule has 1 rings (SSSR count). The summed E-state index contributed by atoms with van der Waals surface area (Å²) in [5.74, 6) is -0.224. The van der Waals surface area contributed by atoms with Crippen LogP contribution in [0.15, 0.2) is 0 Å². The summed E-state index contributed by atoms with van der Waals surface area (Å²) in [6.07, 6.45) is -0.236. The number of sulfone groups is 1. The number of hydrogen-bond acceptors (Lipinski definition) is 6. The van der Waals surface area contributed by atoms with E-state index in [0.717, 1.165) is 0 Å². The molecule has 2 amide bonds. The lowest BCUT2D eigenvalue weighted by molar-refractivity contribution is -0.135. The van der Waals surface area contributed by atoms with Crippen LogP contribution in [0.25, 0.3) is 0 Å². The van der Waals surface area contributed by atoms with Crippen LogP contribution in [0.2, 0.25) is 0 Å². The molecule has 1 aliphatic heterocycles. The first-order valence-electron chi connectivity index (χ1n) is 8.46. The largest absolute Gasteiger partial charge is 0.444 e. The molecule has 8 nitrogen and oxygen atoms in total. The fraction of sp³-hybridized carbons (Fsp3) is 0.875. The molecule has 0 saturated carbocycles. The Morgan fingerprint density at radius 1 is 1.24 bits per heavy atom. The molecule has 1 saturated heterocycles. The van der Waals surface area contributed by atoms with Crippen molar-refractivity contribution in [1.29, 1.82) is 0 Å². The maximum absolute atomic E-state index is 12.8. The average molecular weight is 378 g/mol. The van der Waals surface area contributed by atoms with Gasteiger partial charge in [0.05, 0.1) is 11.5 Å². The molecule has 0 bridgehead atoms. The first-order valence-corrected chi connectivity index (χ1v) is 10.3. The Morgan fingerprint density at radius 3 is 2.28 bits per heavy atom. The molecule has 0 aromatic carbocycles. The SMILES string of the molecule is CC(NC(=O)OC(C)(C)C)C(=O)N(CCN(C)C)C1CCS(=O)(=O)C1. The summed E-state index contributed by atoms with van der Waals surface area (Å²) in [5.41, 5.74) is -0.656. The molecular formula is C16H31N3O5S. The standard InChI is InChI=1S/C16H31N3O5S/c1-12(17-15(21)24-16(2,3)4)14(20)19(9-8-18(5)6)13-7-10-25(22,23)11-13/h12-13H,7-11H2,1-6H3,(H,17,21). The summed E-state index contributed by atoms with van der Waals surface area (Å²) in [6.45, 7) is 7.83. The second-order valence-electron chi connectivity index (χ2n) is 7.76. The monoisotopic (exact) mass is 377 g/mol. The van der Waals surface area contributed by atoms with E-state index in [1.807, 2.05) is 19.0 Å². The Hall–Kier alpha value is -1.35. The summed E-state index contributed by atoms with van der Waals surface area (Å²) < 4.78 is 28.7. The van der Waals surface area contributed by atoms with Crippen molar-refractivity contribution < 1.29 is 22.7 Å². The third-order valence-electron chi connectivity index (χ3n) is 3.82. The van der Waals surface area contributed by atoms with Crippen LogP contribution in [-0.2, 0) is 19.4 Å². The Morgan fingerprint density at radius 2 is 1.84 bits per heavy atom. The van der Waals surface area contributed by atoms with Crippen LogP contribution in [0.5, 0.6) is 0 Å². The highest BCUT2D eigenvalue weighted by atomic mass is 32.2. The highest BCUT2D eigenvalue weighted by Crippen LogP contribution is 2.19. The molecule has 0 aliphatic carbocycles. The van der Waals surface area contributed by atoms with E-state index in [9.17, 15) is 18.0 Å². The topological polar surface area (TPSA) is 96.0 Å². The van der Waals surface area contributed by atoms with E-state index >= 15 is 0 Å². The molecule has 9 heteroatoms. The van der Waals surface area contributed by atoms with E-state index in [4.69, 9.17) is 4.74 Å². The molecule has 0 radical (unpaired) electrons. The zero-order valence-corrected chi connectivity index (χ0v) is 16.9. The van der Waals surface area contributed by atoms with E-state index in [1.165, 1.54) is 0 Å². The molecule has 2 atom stereocenters. The number of ether oxygens (including phenoxy) is 1. The summed E-state index contributed by atoms with van der Waals surface area (Å²) in [6, 6.07) is -1.14. The van der Waals surface area contributed by atoms with Gasteiger partial charge in [0.15, 0.2) is 9.84 Å². The van der Waals surface area contributed by atoms with E-state index < -0.39 is 27.6 Å². The number of carbonyl (C=O) groups excluding carboxylic acids is 2. The summed E-state index contributed by atoms with van der Waals surface area (Å²) >= 11 is 0. The van der Waals surface area contributed by atoms with Crippen LogP contribution < -0.4 is 5.32 Å². The lowest BCUT2D eigenvalue weighted by Gasteiger charge is -2.32. The lowest BCUT2D eigenvalue weighted by atomic mass is 10.1. The maximum atomic E-state index is 12.8. The lowest BCUT2D eigenvalue weighted by Crippen LogP contribution is -2.53. The normalized spacial score (nSPS) is 21.0. The Balaban J connectivity index is 2.79. The number of rotatable bonds is 6. The van der Waals surface area contributed by atoms with Gasteiger partial charge in [-0.25, -0.2) is 13.2 Å². The van der Waals surface area contributed by atoms with Gasteiger partial charge >= 0.3 is 6.09 Å². The van der Waals surface area contributed by atoms with Gasteiger partial charge in [0.25, 0.3) is 0 Å². The van der Waals surface area contributed by atoms with Gasteiger partial charge < -0.3 is 19.9 Å². The summed E-state index contributed by atoms with van der Waals surface area (Å²) in [7, 11) is 0.666. The number of amides is 2. The van der Waals surface area contributed by atoms with Crippen molar-refractivity contribution in [2.24, 2.45) is 0 Å². The number of nitrogens with one attached hydrogen (secondary N) is 1. The first-order chi connectivity index (χ1) is 11.3. The highest BCUT2D eigenvalue weighted by Gasteiger charge is 2.36. The average Bonchev–Trinajstić information content (AvgIpc) is 2.76. The zero-order valence-electron chi connectivity index (χ0n) is 16.0. The number of hydrogen-bond donors (Lipinski definition) is 1. The molecule has 25 heavy (non-hydrogen) atoms. The van der Waals surface area contributed by atoms with E-state index in [2.05, 4.69) is 5.32 Å². The van der Waals surface area contributed by atoms with Crippen LogP contribution in [0.1, 0.15) is 34.1 Å². The third kappa shape index (κ3) is 7.60. The predicted octanol–water partition coefficient (Wildman–Crippen LogP) is 0.477. The van der Waals surface area contributed by atoms with Crippen LogP contribution in [0.3, 0.4) is 0 Å². The molecular weight excluding hydrogens is 346 g/mol. The van der Waals surface area contributed by atoms with Gasteiger partial charge in [-0.1, -0.05) is 0 Å². The fourth-order valence-corrected chi connectivity index (χ4v) is 4.33. The highest BCUT2D eigenvalue weighted by molar-refractivity contribution is 7.91. The number of carbonyl (C=O) groups is 2. The summed E-state index contributed by atoms with van der Waals surface area (Å²) in [4.78, 5) is 28.2. The Labute approximate surface area is 150 Å². The number of alkyl carbamates (subject to hydrolysis) is 1. The smallest absolute Gasteiger partial charge is 0.408 e. The fourth-order valence-electron chi connectivity index (χ4n) is 2.60. The quantitative estimate of drug-likeness (QED) is 0.723. The van der Waals surface area contributed by atoms with Gasteiger partial charge in [-0.15, -0.1) is 0 Å². The van der Waals surface area contributed by atoms with Crippen molar-refractivity contribution >= 4 is 21.8 Å². The van der Waals surface area contributed by atoms with Crippen molar-refractivity contribution in [3.05, 3.63) is 0 Å². The minimum absolute atomic E-state index is 0.0225. The van der Waals surface area contributed by atoms with Crippen molar-refractivity contribution in [2.45, 2.75) is 51.8 Å². The predicted molar refractivity (Wildman–Crippen MR) is 96.2 cm³/mol. The molecule has 1 aliphatic rings. The molecule has 146 valence electrons. The molecule has 0 spiro atoms. The second-order valence-corrected chi connectivity index (χ2v) is 9.99. The maximum Gasteiger partial charge on any atom is 0.408 e. The second kappa shape index (κ2) is 8.35. The van der Waals surface area contributed by atoms with Crippen molar-refractivity contribution in [2.75, 3.05) is 38.7 Å². The molecule has 1 fully saturated rings. The van der Waals surface area contributed by atoms with Gasteiger partial charge in [-0.2, -0.15) is 0 Å². The Bertz CT molecular complexity index is 583. The van der Waals surface area contributed by atoms with Crippen LogP contribution in [0.4, 0.5) is 4.79 Å². The molecule has 0 aromatic heterocycles. The van der Waals surface area contributed by atoms with Gasteiger partial charge in [-0.05, 0) is 48.2 Å². The van der Waals surface area contributed by atoms with Crippen LogP contribution in [0, 0.1) is 0 Å². The summed E-state index contributed by atoms with van der Waals surface area (Å²) in [5, 5.41) is 2.53. The van der Waals surface area contributed by atoms with Gasteiger partial charge in [-0.3, -0.25) is 4.79 Å². The van der Waals surface area contributed by atoms with E-state index in [1.54, 1.807) is 32.6 Å². The Kier molecular flexibility index (Phi) is 7.25. The van der Waals surface area contributed by atoms with Crippen molar-refractivity contribution in [3.8, 4) is 0 Å². The van der Waals surface area contributed by atoms with Crippen molar-refractivity contribution in [1.82, 2.24) is 15.1 Å². The molecule has 1 N–H and O–H groups in total. The third-order valence-corrected chi connectivity index (χ3v) is 5.57. The van der Waals surface area contributed by atoms with E-state index in [-0.39, 0.29) is 23.5 Å². The molecule has 0 aromatic rings. The number of likely N-dealkylation sites (N-methyl/N-ethyl adjacent to an activating group) is 1. The molecule has 2 unspecified atom stereocenters. The van der Waals surface area contributed by atoms with E-state index in [0.29, 0.717) is 19.5 Å². The molecule has 1 heterocycles. The van der Waals surface area contributed by atoms with Gasteiger partial charge in [0.2, 0.25) is 5.91 Å². The van der Waals surface area contributed by atoms with Crippen LogP contribution >= 0.6 is 0 Å². The zero-order chi connectivity index (χ0) is 19.4. The number of nitrogens with zero attached hydrogens (tertiary/aromatic N) is 2.